The number of amides is 1. The van der Waals surface area contributed by atoms with Crippen LogP contribution in [0.3, 0.4) is 0 Å². The van der Waals surface area contributed by atoms with Gasteiger partial charge in [-0.15, -0.1) is 34.2 Å². The van der Waals surface area contributed by atoms with E-state index in [1.165, 1.54) is 4.90 Å². The number of carbonyl (C=O) groups excluding carboxylic acids is 1. The lowest BCUT2D eigenvalue weighted by atomic mass is 10.4. The summed E-state index contributed by atoms with van der Waals surface area (Å²) in [6.45, 7) is 3.42. The van der Waals surface area contributed by atoms with Gasteiger partial charge in [0.05, 0.1) is 6.54 Å². The molecule has 0 saturated heterocycles. The topological polar surface area (TPSA) is 86.9 Å². The highest BCUT2D eigenvalue weighted by Crippen LogP contribution is 2.03. The monoisotopic (exact) mass is 445 g/mol. The summed E-state index contributed by atoms with van der Waals surface area (Å²) in [4.78, 5) is 17.7. The molecule has 0 unspecified atom stereocenters. The van der Waals surface area contributed by atoms with Crippen LogP contribution in [-0.4, -0.2) is 58.5 Å². The number of fused-ring (bicyclic) bond motifs is 1. The molecule has 0 aliphatic heterocycles. The second kappa shape index (κ2) is 10.1. The smallest absolute Gasteiger partial charge is 0.241 e. The van der Waals surface area contributed by atoms with Crippen molar-refractivity contribution < 1.29 is 4.79 Å². The van der Waals surface area contributed by atoms with E-state index in [1.54, 1.807) is 14.1 Å². The summed E-state index contributed by atoms with van der Waals surface area (Å²) >= 11 is 0. The largest absolute Gasteiger partial charge is 0.356 e. The summed E-state index contributed by atoms with van der Waals surface area (Å²) in [6.07, 6.45) is 2.87. The van der Waals surface area contributed by atoms with Crippen LogP contribution in [0.25, 0.3) is 5.65 Å². The van der Waals surface area contributed by atoms with Gasteiger partial charge in [-0.25, -0.2) is 4.99 Å². The fourth-order valence-electron chi connectivity index (χ4n) is 1.88. The zero-order valence-corrected chi connectivity index (χ0v) is 16.5. The number of aromatic nitrogens is 3. The number of likely N-dealkylation sites (N-methyl/N-ethyl adjacent to an activating group) is 1. The van der Waals surface area contributed by atoms with E-state index in [4.69, 9.17) is 0 Å². The average molecular weight is 445 g/mol. The van der Waals surface area contributed by atoms with Crippen LogP contribution in [0.1, 0.15) is 19.2 Å². The number of hydrogen-bond acceptors (Lipinski definition) is 4. The minimum absolute atomic E-state index is 0. The zero-order chi connectivity index (χ0) is 16.7. The number of carbonyl (C=O) groups is 1. The summed E-state index contributed by atoms with van der Waals surface area (Å²) in [6, 6.07) is 5.73. The summed E-state index contributed by atoms with van der Waals surface area (Å²) in [7, 11) is 3.45. The van der Waals surface area contributed by atoms with E-state index in [0.29, 0.717) is 12.5 Å². The molecule has 2 N–H and O–H groups in total. The van der Waals surface area contributed by atoms with E-state index in [-0.39, 0.29) is 36.4 Å². The minimum atomic E-state index is -0.0103. The van der Waals surface area contributed by atoms with Gasteiger partial charge in [0.1, 0.15) is 6.54 Å². The first-order chi connectivity index (χ1) is 11.1. The molecule has 0 atom stereocenters. The standard InChI is InChI=1S/C15H23N7O.HI/c1-4-8-16-15(18-11-14(23)21(2)3)17-10-13-20-19-12-7-5-6-9-22(12)13;/h5-7,9H,4,8,10-11H2,1-3H3,(H2,16,17,18);1H. The highest BCUT2D eigenvalue weighted by molar-refractivity contribution is 14.0. The van der Waals surface area contributed by atoms with Gasteiger partial charge in [0, 0.05) is 26.8 Å². The summed E-state index contributed by atoms with van der Waals surface area (Å²) in [5, 5.41) is 14.5. The maximum Gasteiger partial charge on any atom is 0.241 e. The minimum Gasteiger partial charge on any atom is -0.356 e. The quantitative estimate of drug-likeness (QED) is 0.392. The van der Waals surface area contributed by atoms with Crippen molar-refractivity contribution in [3.63, 3.8) is 0 Å². The third-order valence-electron chi connectivity index (χ3n) is 3.21. The molecule has 0 bridgehead atoms. The molecule has 2 aromatic rings. The Labute approximate surface area is 158 Å². The lowest BCUT2D eigenvalue weighted by Crippen LogP contribution is -2.43. The molecule has 9 heteroatoms. The molecule has 0 radical (unpaired) electrons. The van der Waals surface area contributed by atoms with Crippen molar-refractivity contribution in [2.75, 3.05) is 27.2 Å². The van der Waals surface area contributed by atoms with Crippen LogP contribution in [0.4, 0.5) is 0 Å². The van der Waals surface area contributed by atoms with Crippen LogP contribution >= 0.6 is 24.0 Å². The molecule has 2 heterocycles. The maximum atomic E-state index is 11.7. The van der Waals surface area contributed by atoms with Crippen molar-refractivity contribution in [3.05, 3.63) is 30.2 Å². The van der Waals surface area contributed by atoms with Gasteiger partial charge in [0.25, 0.3) is 0 Å². The molecule has 2 rings (SSSR count). The molecule has 24 heavy (non-hydrogen) atoms. The predicted octanol–water partition coefficient (Wildman–Crippen LogP) is 0.881. The van der Waals surface area contributed by atoms with E-state index in [9.17, 15) is 4.79 Å². The first-order valence-electron chi connectivity index (χ1n) is 7.62. The molecule has 1 amide bonds. The SMILES string of the molecule is CCCNC(=NCc1nnc2ccccn12)NCC(=O)N(C)C.I. The fourth-order valence-corrected chi connectivity index (χ4v) is 1.88. The number of halogens is 1. The van der Waals surface area contributed by atoms with Crippen molar-refractivity contribution >= 4 is 41.5 Å². The van der Waals surface area contributed by atoms with Crippen molar-refractivity contribution in [2.45, 2.75) is 19.9 Å². The highest BCUT2D eigenvalue weighted by Gasteiger charge is 2.07. The van der Waals surface area contributed by atoms with Crippen molar-refractivity contribution in [3.8, 4) is 0 Å². The molecular formula is C15H24IN7O. The van der Waals surface area contributed by atoms with Crippen LogP contribution < -0.4 is 10.6 Å². The Hall–Kier alpha value is -1.91. The molecule has 0 saturated carbocycles. The van der Waals surface area contributed by atoms with Gasteiger partial charge in [-0.3, -0.25) is 9.20 Å². The van der Waals surface area contributed by atoms with E-state index in [1.807, 2.05) is 28.8 Å². The van der Waals surface area contributed by atoms with Gasteiger partial charge in [0.15, 0.2) is 17.4 Å². The van der Waals surface area contributed by atoms with Crippen molar-refractivity contribution in [2.24, 2.45) is 4.99 Å². The molecular weight excluding hydrogens is 421 g/mol. The van der Waals surface area contributed by atoms with E-state index in [0.717, 1.165) is 24.4 Å². The number of pyridine rings is 1. The third-order valence-corrected chi connectivity index (χ3v) is 3.21. The Morgan fingerprint density at radius 2 is 2.08 bits per heavy atom. The normalized spacial score (nSPS) is 11.0. The molecule has 0 fully saturated rings. The molecule has 0 aromatic carbocycles. The van der Waals surface area contributed by atoms with Gasteiger partial charge >= 0.3 is 0 Å². The van der Waals surface area contributed by atoms with Crippen molar-refractivity contribution in [1.29, 1.82) is 0 Å². The highest BCUT2D eigenvalue weighted by atomic mass is 127. The Kier molecular flexibility index (Phi) is 8.44. The fraction of sp³-hybridized carbons (Fsp3) is 0.467. The number of nitrogens with zero attached hydrogens (tertiary/aromatic N) is 5. The number of nitrogens with one attached hydrogen (secondary N) is 2. The summed E-state index contributed by atoms with van der Waals surface area (Å²) < 4.78 is 1.89. The molecule has 0 spiro atoms. The molecule has 2 aromatic heterocycles. The van der Waals surface area contributed by atoms with Crippen LogP contribution in [0.5, 0.6) is 0 Å². The number of aliphatic imine (C=N–C) groups is 1. The first-order valence-corrected chi connectivity index (χ1v) is 7.62. The molecule has 0 aliphatic rings. The van der Waals surface area contributed by atoms with Gasteiger partial charge in [-0.1, -0.05) is 13.0 Å². The van der Waals surface area contributed by atoms with E-state index in [2.05, 4.69) is 32.7 Å². The number of rotatable bonds is 6. The van der Waals surface area contributed by atoms with Crippen LogP contribution in [0.15, 0.2) is 29.4 Å². The average Bonchev–Trinajstić information content (AvgIpc) is 2.97. The summed E-state index contributed by atoms with van der Waals surface area (Å²) in [5.74, 6) is 1.33. The number of guanidine groups is 1. The van der Waals surface area contributed by atoms with Crippen LogP contribution in [0.2, 0.25) is 0 Å². The predicted molar refractivity (Wildman–Crippen MR) is 105 cm³/mol. The summed E-state index contributed by atoms with van der Waals surface area (Å²) in [5.41, 5.74) is 0.788. The maximum absolute atomic E-state index is 11.7. The van der Waals surface area contributed by atoms with Crippen molar-refractivity contribution in [1.82, 2.24) is 30.1 Å². The van der Waals surface area contributed by atoms with Crippen LogP contribution in [-0.2, 0) is 11.3 Å². The first kappa shape index (κ1) is 20.1. The number of hydrogen-bond donors (Lipinski definition) is 2. The lowest BCUT2D eigenvalue weighted by molar-refractivity contribution is -0.127. The second-order valence-corrected chi connectivity index (χ2v) is 5.28. The van der Waals surface area contributed by atoms with Gasteiger partial charge in [-0.05, 0) is 18.6 Å². The molecule has 132 valence electrons. The Bertz CT molecular complexity index is 683. The van der Waals surface area contributed by atoms with Crippen LogP contribution in [0, 0.1) is 0 Å². The second-order valence-electron chi connectivity index (χ2n) is 5.28. The lowest BCUT2D eigenvalue weighted by Gasteiger charge is -2.14. The van der Waals surface area contributed by atoms with Gasteiger partial charge < -0.3 is 15.5 Å². The zero-order valence-electron chi connectivity index (χ0n) is 14.2. The van der Waals surface area contributed by atoms with Gasteiger partial charge in [0.2, 0.25) is 5.91 Å². The van der Waals surface area contributed by atoms with Gasteiger partial charge in [-0.2, -0.15) is 0 Å². The molecule has 8 nitrogen and oxygen atoms in total. The molecule has 0 aliphatic carbocycles. The van der Waals surface area contributed by atoms with E-state index < -0.39 is 0 Å². The Morgan fingerprint density at radius 1 is 1.29 bits per heavy atom. The van der Waals surface area contributed by atoms with E-state index >= 15 is 0 Å². The Balaban J connectivity index is 0.00000288. The Morgan fingerprint density at radius 3 is 2.79 bits per heavy atom. The third kappa shape index (κ3) is 5.62.